The van der Waals surface area contributed by atoms with Gasteiger partial charge < -0.3 is 10.6 Å². The van der Waals surface area contributed by atoms with Crippen LogP contribution in [0.3, 0.4) is 0 Å². The lowest BCUT2D eigenvalue weighted by atomic mass is 10.1. The Morgan fingerprint density at radius 2 is 1.95 bits per heavy atom. The van der Waals surface area contributed by atoms with Gasteiger partial charge in [0.05, 0.1) is 11.3 Å². The number of aryl methyl sites for hydroxylation is 2. The lowest BCUT2D eigenvalue weighted by Gasteiger charge is -2.11. The summed E-state index contributed by atoms with van der Waals surface area (Å²) in [6.07, 6.45) is 3.32. The van der Waals surface area contributed by atoms with Crippen molar-refractivity contribution in [3.05, 3.63) is 53.3 Å². The third-order valence-electron chi connectivity index (χ3n) is 3.34. The Hall–Kier alpha value is -2.36. The van der Waals surface area contributed by atoms with Gasteiger partial charge in [-0.25, -0.2) is 0 Å². The minimum Gasteiger partial charge on any atom is -0.384 e. The van der Waals surface area contributed by atoms with Crippen LogP contribution in [0.2, 0.25) is 0 Å². The molecule has 0 saturated carbocycles. The molecule has 2 aromatic rings. The fourth-order valence-electron chi connectivity index (χ4n) is 2.13. The van der Waals surface area contributed by atoms with Gasteiger partial charge in [0.15, 0.2) is 0 Å². The molecule has 2 rings (SSSR count). The van der Waals surface area contributed by atoms with Crippen LogP contribution < -0.4 is 10.6 Å². The van der Waals surface area contributed by atoms with Crippen LogP contribution >= 0.6 is 0 Å². The molecule has 1 aromatic carbocycles. The van der Waals surface area contributed by atoms with Crippen molar-refractivity contribution in [2.24, 2.45) is 5.92 Å². The van der Waals surface area contributed by atoms with E-state index in [-0.39, 0.29) is 5.91 Å². The van der Waals surface area contributed by atoms with Gasteiger partial charge in [-0.1, -0.05) is 31.5 Å². The molecule has 0 aliphatic heterocycles. The zero-order valence-electron chi connectivity index (χ0n) is 13.6. The molecule has 0 aliphatic rings. The van der Waals surface area contributed by atoms with Crippen molar-refractivity contribution in [3.8, 4) is 0 Å². The second-order valence-corrected chi connectivity index (χ2v) is 6.01. The van der Waals surface area contributed by atoms with Crippen LogP contribution in [0.25, 0.3) is 0 Å². The summed E-state index contributed by atoms with van der Waals surface area (Å²) in [4.78, 5) is 16.5. The lowest BCUT2D eigenvalue weighted by Crippen LogP contribution is -2.14. The van der Waals surface area contributed by atoms with Crippen molar-refractivity contribution in [1.29, 1.82) is 0 Å². The van der Waals surface area contributed by atoms with Crippen LogP contribution in [0, 0.1) is 19.8 Å². The molecule has 4 heteroatoms. The van der Waals surface area contributed by atoms with E-state index in [0.717, 1.165) is 23.5 Å². The van der Waals surface area contributed by atoms with Gasteiger partial charge in [-0.15, -0.1) is 0 Å². The van der Waals surface area contributed by atoms with Crippen molar-refractivity contribution in [2.75, 3.05) is 17.2 Å². The first-order chi connectivity index (χ1) is 10.5. The first kappa shape index (κ1) is 16.0. The molecule has 0 radical (unpaired) electrons. The molecular formula is C18H23N3O. The number of nitrogens with one attached hydrogen (secondary N) is 2. The van der Waals surface area contributed by atoms with Crippen LogP contribution in [-0.2, 0) is 0 Å². The molecule has 1 heterocycles. The molecule has 1 amide bonds. The van der Waals surface area contributed by atoms with Crippen LogP contribution in [0.4, 0.5) is 11.4 Å². The zero-order chi connectivity index (χ0) is 16.1. The summed E-state index contributed by atoms with van der Waals surface area (Å²) in [6.45, 7) is 9.14. The monoisotopic (exact) mass is 297 g/mol. The molecule has 0 unspecified atom stereocenters. The summed E-state index contributed by atoms with van der Waals surface area (Å²) in [5.41, 5.74) is 4.47. The van der Waals surface area contributed by atoms with Gasteiger partial charge >= 0.3 is 0 Å². The molecule has 116 valence electrons. The first-order valence-electron chi connectivity index (χ1n) is 7.53. The summed E-state index contributed by atoms with van der Waals surface area (Å²) < 4.78 is 0. The average molecular weight is 297 g/mol. The summed E-state index contributed by atoms with van der Waals surface area (Å²) in [7, 11) is 0. The summed E-state index contributed by atoms with van der Waals surface area (Å²) in [6, 6.07) is 7.79. The van der Waals surface area contributed by atoms with Crippen LogP contribution in [0.1, 0.15) is 35.3 Å². The van der Waals surface area contributed by atoms with E-state index in [4.69, 9.17) is 0 Å². The van der Waals surface area contributed by atoms with E-state index in [1.165, 1.54) is 5.56 Å². The smallest absolute Gasteiger partial charge is 0.257 e. The van der Waals surface area contributed by atoms with Crippen molar-refractivity contribution in [1.82, 2.24) is 4.98 Å². The zero-order valence-corrected chi connectivity index (χ0v) is 13.6. The molecule has 1 aromatic heterocycles. The molecular weight excluding hydrogens is 274 g/mol. The van der Waals surface area contributed by atoms with Gasteiger partial charge in [-0.2, -0.15) is 0 Å². The molecule has 0 spiro atoms. The number of anilines is 2. The Labute approximate surface area is 132 Å². The van der Waals surface area contributed by atoms with Crippen molar-refractivity contribution in [3.63, 3.8) is 0 Å². The summed E-state index contributed by atoms with van der Waals surface area (Å²) in [5.74, 6) is 0.389. The fourth-order valence-corrected chi connectivity index (χ4v) is 2.13. The van der Waals surface area contributed by atoms with Gasteiger partial charge in [0.1, 0.15) is 0 Å². The number of amides is 1. The highest BCUT2D eigenvalue weighted by Crippen LogP contribution is 2.18. The molecule has 4 nitrogen and oxygen atoms in total. The highest BCUT2D eigenvalue weighted by atomic mass is 16.1. The van der Waals surface area contributed by atoms with E-state index in [9.17, 15) is 4.79 Å². The topological polar surface area (TPSA) is 54.0 Å². The highest BCUT2D eigenvalue weighted by Gasteiger charge is 2.09. The molecule has 0 saturated heterocycles. The van der Waals surface area contributed by atoms with E-state index in [2.05, 4.69) is 35.5 Å². The highest BCUT2D eigenvalue weighted by molar-refractivity contribution is 6.04. The Balaban J connectivity index is 2.10. The maximum atomic E-state index is 12.4. The van der Waals surface area contributed by atoms with E-state index >= 15 is 0 Å². The Bertz CT molecular complexity index is 665. The van der Waals surface area contributed by atoms with Gasteiger partial charge in [0.2, 0.25) is 0 Å². The van der Waals surface area contributed by atoms with Crippen LogP contribution in [0.5, 0.6) is 0 Å². The number of hydrogen-bond donors (Lipinski definition) is 2. The predicted molar refractivity (Wildman–Crippen MR) is 91.4 cm³/mol. The third kappa shape index (κ3) is 4.32. The fraction of sp³-hybridized carbons (Fsp3) is 0.333. The maximum absolute atomic E-state index is 12.4. The average Bonchev–Trinajstić information content (AvgIpc) is 2.48. The standard InChI is InChI=1S/C18H23N3O/c1-12(2)9-20-16-8-15(10-19-11-16)18(22)21-17-6-5-13(3)7-14(17)4/h5-8,10-12,20H,9H2,1-4H3,(H,21,22). The predicted octanol–water partition coefficient (Wildman–Crippen LogP) is 4.02. The van der Waals surface area contributed by atoms with E-state index in [0.29, 0.717) is 11.5 Å². The quantitative estimate of drug-likeness (QED) is 0.876. The number of rotatable bonds is 5. The van der Waals surface area contributed by atoms with E-state index < -0.39 is 0 Å². The Morgan fingerprint density at radius 3 is 2.64 bits per heavy atom. The third-order valence-corrected chi connectivity index (χ3v) is 3.34. The van der Waals surface area contributed by atoms with Gasteiger partial charge in [0.25, 0.3) is 5.91 Å². The molecule has 22 heavy (non-hydrogen) atoms. The Kier molecular flexibility index (Phi) is 5.15. The number of carbonyl (C=O) groups excluding carboxylic acids is 1. The summed E-state index contributed by atoms with van der Waals surface area (Å²) in [5, 5.41) is 6.22. The number of hydrogen-bond acceptors (Lipinski definition) is 3. The van der Waals surface area contributed by atoms with Crippen molar-refractivity contribution < 1.29 is 4.79 Å². The van der Waals surface area contributed by atoms with Gasteiger partial charge in [-0.3, -0.25) is 9.78 Å². The minimum absolute atomic E-state index is 0.146. The largest absolute Gasteiger partial charge is 0.384 e. The summed E-state index contributed by atoms with van der Waals surface area (Å²) >= 11 is 0. The van der Waals surface area contributed by atoms with Crippen LogP contribution in [-0.4, -0.2) is 17.4 Å². The van der Waals surface area contributed by atoms with Crippen molar-refractivity contribution >= 4 is 17.3 Å². The molecule has 0 fully saturated rings. The molecule has 2 N–H and O–H groups in total. The molecule has 0 aliphatic carbocycles. The minimum atomic E-state index is -0.146. The molecule has 0 bridgehead atoms. The van der Waals surface area contributed by atoms with Crippen molar-refractivity contribution in [2.45, 2.75) is 27.7 Å². The second kappa shape index (κ2) is 7.07. The number of pyridine rings is 1. The van der Waals surface area contributed by atoms with Gasteiger partial charge in [0, 0.05) is 24.6 Å². The molecule has 0 atom stereocenters. The SMILES string of the molecule is Cc1ccc(NC(=O)c2cncc(NCC(C)C)c2)c(C)c1. The van der Waals surface area contributed by atoms with E-state index in [1.54, 1.807) is 12.4 Å². The van der Waals surface area contributed by atoms with Crippen LogP contribution in [0.15, 0.2) is 36.7 Å². The maximum Gasteiger partial charge on any atom is 0.257 e. The van der Waals surface area contributed by atoms with Gasteiger partial charge in [-0.05, 0) is 37.5 Å². The Morgan fingerprint density at radius 1 is 1.18 bits per heavy atom. The van der Waals surface area contributed by atoms with E-state index in [1.807, 2.05) is 32.0 Å². The lowest BCUT2D eigenvalue weighted by molar-refractivity contribution is 0.102. The normalized spacial score (nSPS) is 10.6. The first-order valence-corrected chi connectivity index (χ1v) is 7.53. The second-order valence-electron chi connectivity index (χ2n) is 6.01. The number of benzene rings is 1. The number of carbonyl (C=O) groups is 1. The number of aromatic nitrogens is 1. The number of nitrogens with zero attached hydrogens (tertiary/aromatic N) is 1.